The zero-order valence-electron chi connectivity index (χ0n) is 19.9. The number of hydrogen-bond acceptors (Lipinski definition) is 4. The number of amides is 1. The van der Waals surface area contributed by atoms with E-state index in [1.807, 2.05) is 48.9 Å². The van der Waals surface area contributed by atoms with Gasteiger partial charge in [0.05, 0.1) is 18.2 Å². The van der Waals surface area contributed by atoms with Crippen molar-refractivity contribution in [3.63, 3.8) is 0 Å². The number of alkyl halides is 2. The van der Waals surface area contributed by atoms with Gasteiger partial charge in [0.2, 0.25) is 0 Å². The third kappa shape index (κ3) is 5.15. The molecule has 1 aromatic heterocycles. The molecule has 4 rings (SSSR count). The highest BCUT2D eigenvalue weighted by molar-refractivity contribution is 5.99. The number of para-hydroxylation sites is 1. The summed E-state index contributed by atoms with van der Waals surface area (Å²) in [5, 5.41) is 10.0. The third-order valence-electron chi connectivity index (χ3n) is 5.97. The molecule has 0 bridgehead atoms. The van der Waals surface area contributed by atoms with Crippen LogP contribution in [0.2, 0.25) is 0 Å². The van der Waals surface area contributed by atoms with Gasteiger partial charge in [0, 0.05) is 41.3 Å². The summed E-state index contributed by atoms with van der Waals surface area (Å²) >= 11 is 0. The molecule has 0 N–H and O–H groups in total. The molecule has 6 nitrogen and oxygen atoms in total. The smallest absolute Gasteiger partial charge is 0.415 e. The van der Waals surface area contributed by atoms with Crippen molar-refractivity contribution in [1.82, 2.24) is 9.47 Å². The van der Waals surface area contributed by atoms with Crippen molar-refractivity contribution in [2.24, 2.45) is 0 Å². The molecule has 1 heterocycles. The number of benzene rings is 3. The Morgan fingerprint density at radius 2 is 1.72 bits per heavy atom. The van der Waals surface area contributed by atoms with Gasteiger partial charge in [0.15, 0.2) is 0 Å². The minimum absolute atomic E-state index is 0.117. The van der Waals surface area contributed by atoms with Gasteiger partial charge in [0.1, 0.15) is 11.5 Å². The zero-order chi connectivity index (χ0) is 25.7. The Hall–Kier alpha value is -4.38. The second-order valence-electron chi connectivity index (χ2n) is 8.03. The van der Waals surface area contributed by atoms with Crippen LogP contribution in [0, 0.1) is 11.3 Å². The summed E-state index contributed by atoms with van der Waals surface area (Å²) in [6.07, 6.45) is 1.40. The van der Waals surface area contributed by atoms with Crippen LogP contribution in [0.5, 0.6) is 11.5 Å². The summed E-state index contributed by atoms with van der Waals surface area (Å²) in [4.78, 5) is 14.3. The van der Waals surface area contributed by atoms with Crippen molar-refractivity contribution >= 4 is 17.0 Å². The average Bonchev–Trinajstić information content (AvgIpc) is 3.28. The van der Waals surface area contributed by atoms with Crippen molar-refractivity contribution < 1.29 is 23.0 Å². The van der Waals surface area contributed by atoms with Crippen LogP contribution in [0.15, 0.2) is 72.9 Å². The molecular weight excluding hydrogens is 464 g/mol. The summed E-state index contributed by atoms with van der Waals surface area (Å²) in [5.74, 6) is 0.509. The molecule has 0 saturated carbocycles. The molecule has 0 radical (unpaired) electrons. The van der Waals surface area contributed by atoms with E-state index in [1.165, 1.54) is 6.07 Å². The average molecular weight is 490 g/mol. The molecule has 0 unspecified atom stereocenters. The first kappa shape index (κ1) is 24.7. The number of aromatic nitrogens is 1. The number of halogens is 2. The standard InChI is InChI=1S/C28H25F2N3O3/c1-3-32(4-2)28(34)36-25-14-13-23-22(26(25)20-11-9-19(17-31)10-12-20)15-16-33(23)18-21-7-5-6-8-24(21)35-27(29)30/h5-16,27H,3-4,18H2,1-2H3. The van der Waals surface area contributed by atoms with Gasteiger partial charge >= 0.3 is 12.7 Å². The van der Waals surface area contributed by atoms with Crippen molar-refractivity contribution in [2.45, 2.75) is 27.0 Å². The van der Waals surface area contributed by atoms with Crippen LogP contribution in [0.4, 0.5) is 13.6 Å². The Morgan fingerprint density at radius 3 is 2.39 bits per heavy atom. The number of ether oxygens (including phenoxy) is 2. The molecule has 0 fully saturated rings. The minimum Gasteiger partial charge on any atom is -0.434 e. The molecule has 0 atom stereocenters. The minimum atomic E-state index is -2.92. The molecule has 0 aliphatic heterocycles. The molecule has 36 heavy (non-hydrogen) atoms. The Labute approximate surface area is 207 Å². The maximum Gasteiger partial charge on any atom is 0.415 e. The number of fused-ring (bicyclic) bond motifs is 1. The summed E-state index contributed by atoms with van der Waals surface area (Å²) < 4.78 is 38.2. The van der Waals surface area contributed by atoms with Crippen LogP contribution < -0.4 is 9.47 Å². The molecule has 4 aromatic rings. The highest BCUT2D eigenvalue weighted by atomic mass is 19.3. The number of nitriles is 1. The van der Waals surface area contributed by atoms with Crippen LogP contribution >= 0.6 is 0 Å². The van der Waals surface area contributed by atoms with Crippen molar-refractivity contribution in [3.8, 4) is 28.7 Å². The molecule has 3 aromatic carbocycles. The number of rotatable bonds is 8. The predicted molar refractivity (Wildman–Crippen MR) is 133 cm³/mol. The number of carbonyl (C=O) groups is 1. The Balaban J connectivity index is 1.80. The van der Waals surface area contributed by atoms with Crippen LogP contribution in [-0.2, 0) is 6.54 Å². The summed E-state index contributed by atoms with van der Waals surface area (Å²) in [7, 11) is 0. The van der Waals surface area contributed by atoms with Gasteiger partial charge in [-0.15, -0.1) is 0 Å². The van der Waals surface area contributed by atoms with Gasteiger partial charge in [-0.25, -0.2) is 4.79 Å². The highest BCUT2D eigenvalue weighted by Gasteiger charge is 2.19. The maximum atomic E-state index is 12.9. The topological polar surface area (TPSA) is 67.5 Å². The van der Waals surface area contributed by atoms with E-state index in [4.69, 9.17) is 9.47 Å². The fraction of sp³-hybridized carbons (Fsp3) is 0.214. The Morgan fingerprint density at radius 1 is 1.00 bits per heavy atom. The fourth-order valence-corrected chi connectivity index (χ4v) is 4.15. The van der Waals surface area contributed by atoms with E-state index in [2.05, 4.69) is 6.07 Å². The molecular formula is C28H25F2N3O3. The van der Waals surface area contributed by atoms with E-state index in [0.717, 1.165) is 16.5 Å². The SMILES string of the molecule is CCN(CC)C(=O)Oc1ccc2c(ccn2Cc2ccccc2OC(F)F)c1-c1ccc(C#N)cc1. The van der Waals surface area contributed by atoms with E-state index in [1.54, 1.807) is 41.3 Å². The highest BCUT2D eigenvalue weighted by Crippen LogP contribution is 2.38. The van der Waals surface area contributed by atoms with Crippen molar-refractivity contribution in [3.05, 3.63) is 84.1 Å². The van der Waals surface area contributed by atoms with Crippen molar-refractivity contribution in [2.75, 3.05) is 13.1 Å². The first-order chi connectivity index (χ1) is 17.4. The predicted octanol–water partition coefficient (Wildman–Crippen LogP) is 6.67. The second kappa shape index (κ2) is 10.9. The summed E-state index contributed by atoms with van der Waals surface area (Å²) in [6, 6.07) is 21.3. The van der Waals surface area contributed by atoms with E-state index in [9.17, 15) is 18.8 Å². The molecule has 8 heteroatoms. The third-order valence-corrected chi connectivity index (χ3v) is 5.97. The lowest BCUT2D eigenvalue weighted by molar-refractivity contribution is -0.0504. The number of carbonyl (C=O) groups excluding carboxylic acids is 1. The lowest BCUT2D eigenvalue weighted by Crippen LogP contribution is -2.33. The van der Waals surface area contributed by atoms with E-state index >= 15 is 0 Å². The van der Waals surface area contributed by atoms with Crippen LogP contribution in [0.1, 0.15) is 25.0 Å². The molecule has 1 amide bonds. The molecule has 0 aliphatic carbocycles. The molecule has 0 aliphatic rings. The molecule has 0 spiro atoms. The fourth-order valence-electron chi connectivity index (χ4n) is 4.15. The number of hydrogen-bond donors (Lipinski definition) is 0. The summed E-state index contributed by atoms with van der Waals surface area (Å²) in [6.45, 7) is 2.17. The Kier molecular flexibility index (Phi) is 7.50. The Bertz CT molecular complexity index is 1400. The van der Waals surface area contributed by atoms with E-state index in [0.29, 0.717) is 42.1 Å². The summed E-state index contributed by atoms with van der Waals surface area (Å²) in [5.41, 5.74) is 3.42. The van der Waals surface area contributed by atoms with Gasteiger partial charge in [-0.1, -0.05) is 30.3 Å². The normalized spacial score (nSPS) is 10.9. The van der Waals surface area contributed by atoms with Gasteiger partial charge < -0.3 is 18.9 Å². The molecule has 184 valence electrons. The van der Waals surface area contributed by atoms with Gasteiger partial charge in [-0.3, -0.25) is 0 Å². The monoisotopic (exact) mass is 489 g/mol. The van der Waals surface area contributed by atoms with E-state index < -0.39 is 12.7 Å². The first-order valence-corrected chi connectivity index (χ1v) is 11.6. The van der Waals surface area contributed by atoms with Crippen LogP contribution in [0.3, 0.4) is 0 Å². The van der Waals surface area contributed by atoms with Crippen LogP contribution in [-0.4, -0.2) is 35.3 Å². The maximum absolute atomic E-state index is 12.9. The van der Waals surface area contributed by atoms with E-state index in [-0.39, 0.29) is 5.75 Å². The quantitative estimate of drug-likeness (QED) is 0.277. The molecule has 0 saturated heterocycles. The van der Waals surface area contributed by atoms with Crippen molar-refractivity contribution in [1.29, 1.82) is 5.26 Å². The number of nitrogens with zero attached hydrogens (tertiary/aromatic N) is 3. The first-order valence-electron chi connectivity index (χ1n) is 11.6. The van der Waals surface area contributed by atoms with Gasteiger partial charge in [-0.2, -0.15) is 14.0 Å². The lowest BCUT2D eigenvalue weighted by Gasteiger charge is -2.20. The largest absolute Gasteiger partial charge is 0.434 e. The lowest BCUT2D eigenvalue weighted by atomic mass is 9.99. The zero-order valence-corrected chi connectivity index (χ0v) is 19.9. The van der Waals surface area contributed by atoms with Gasteiger partial charge in [-0.05, 0) is 55.8 Å². The van der Waals surface area contributed by atoms with Crippen LogP contribution in [0.25, 0.3) is 22.0 Å². The van der Waals surface area contributed by atoms with Gasteiger partial charge in [0.25, 0.3) is 0 Å². The second-order valence-corrected chi connectivity index (χ2v) is 8.03.